The summed E-state index contributed by atoms with van der Waals surface area (Å²) >= 11 is 6.74. The molecule has 4 heteroatoms. The second kappa shape index (κ2) is 3.83. The zero-order valence-corrected chi connectivity index (χ0v) is 10.7. The van der Waals surface area contributed by atoms with Gasteiger partial charge in [-0.25, -0.2) is 0 Å². The molecule has 3 N–H and O–H groups in total. The van der Waals surface area contributed by atoms with Gasteiger partial charge in [0.15, 0.2) is 0 Å². The van der Waals surface area contributed by atoms with E-state index in [1.165, 1.54) is 12.8 Å². The fourth-order valence-corrected chi connectivity index (χ4v) is 3.06. The number of hydrogen-bond donors (Lipinski definition) is 2. The minimum Gasteiger partial charge on any atom is -0.508 e. The van der Waals surface area contributed by atoms with Gasteiger partial charge in [-0.05, 0) is 30.9 Å². The normalized spacial score (nSPS) is 18.2. The van der Waals surface area contributed by atoms with Crippen molar-refractivity contribution in [2.45, 2.75) is 18.9 Å². The van der Waals surface area contributed by atoms with Gasteiger partial charge in [-0.3, -0.25) is 0 Å². The van der Waals surface area contributed by atoms with Crippen LogP contribution >= 0.6 is 31.9 Å². The van der Waals surface area contributed by atoms with Gasteiger partial charge in [-0.15, -0.1) is 0 Å². The summed E-state index contributed by atoms with van der Waals surface area (Å²) in [5.41, 5.74) is 6.88. The zero-order chi connectivity index (χ0) is 10.3. The van der Waals surface area contributed by atoms with Gasteiger partial charge in [0.2, 0.25) is 0 Å². The fraction of sp³-hybridized carbons (Fsp3) is 0.400. The number of hydrogen-bond acceptors (Lipinski definition) is 2. The van der Waals surface area contributed by atoms with Crippen LogP contribution in [0.15, 0.2) is 21.1 Å². The molecule has 14 heavy (non-hydrogen) atoms. The van der Waals surface area contributed by atoms with Crippen molar-refractivity contribution in [1.29, 1.82) is 0 Å². The first kappa shape index (κ1) is 10.5. The molecule has 1 aromatic carbocycles. The first-order chi connectivity index (χ1) is 6.59. The van der Waals surface area contributed by atoms with E-state index in [0.717, 1.165) is 14.5 Å². The Morgan fingerprint density at radius 1 is 1.36 bits per heavy atom. The van der Waals surface area contributed by atoms with Gasteiger partial charge >= 0.3 is 0 Å². The Hall–Kier alpha value is -0.0600. The van der Waals surface area contributed by atoms with E-state index < -0.39 is 0 Å². The summed E-state index contributed by atoms with van der Waals surface area (Å²) in [6.45, 7) is 0. The Balaban J connectivity index is 2.40. The largest absolute Gasteiger partial charge is 0.508 e. The summed E-state index contributed by atoms with van der Waals surface area (Å²) in [5.74, 6) is 0.809. The van der Waals surface area contributed by atoms with Crippen LogP contribution < -0.4 is 5.73 Å². The highest BCUT2D eigenvalue weighted by Crippen LogP contribution is 2.45. The third-order valence-electron chi connectivity index (χ3n) is 2.54. The second-order valence-electron chi connectivity index (χ2n) is 3.68. The Morgan fingerprint density at radius 2 is 2.00 bits per heavy atom. The number of aromatic hydroxyl groups is 1. The number of rotatable bonds is 2. The maximum absolute atomic E-state index is 9.78. The Bertz CT molecular complexity index is 340. The van der Waals surface area contributed by atoms with Crippen molar-refractivity contribution in [2.75, 3.05) is 0 Å². The van der Waals surface area contributed by atoms with Gasteiger partial charge < -0.3 is 10.8 Å². The quantitative estimate of drug-likeness (QED) is 0.878. The van der Waals surface area contributed by atoms with E-state index >= 15 is 0 Å². The lowest BCUT2D eigenvalue weighted by Crippen LogP contribution is -2.13. The lowest BCUT2D eigenvalue weighted by atomic mass is 10.0. The highest BCUT2D eigenvalue weighted by molar-refractivity contribution is 9.11. The van der Waals surface area contributed by atoms with E-state index in [9.17, 15) is 5.11 Å². The van der Waals surface area contributed by atoms with Crippen LogP contribution in [-0.2, 0) is 0 Å². The molecule has 1 aliphatic rings. The summed E-state index contributed by atoms with van der Waals surface area (Å²) in [5, 5.41) is 9.78. The van der Waals surface area contributed by atoms with Crippen molar-refractivity contribution in [1.82, 2.24) is 0 Å². The number of phenols is 1. The number of nitrogens with two attached hydrogens (primary N) is 1. The van der Waals surface area contributed by atoms with Gasteiger partial charge in [-0.1, -0.05) is 31.9 Å². The van der Waals surface area contributed by atoms with E-state index in [-0.39, 0.29) is 11.8 Å². The minimum absolute atomic E-state index is 0.0440. The molecular formula is C10H11Br2NO. The molecule has 1 aliphatic carbocycles. The van der Waals surface area contributed by atoms with Crippen LogP contribution in [0.5, 0.6) is 5.75 Å². The van der Waals surface area contributed by atoms with Crippen LogP contribution in [0.4, 0.5) is 0 Å². The van der Waals surface area contributed by atoms with Gasteiger partial charge in [0.25, 0.3) is 0 Å². The van der Waals surface area contributed by atoms with Crippen molar-refractivity contribution in [3.8, 4) is 5.75 Å². The lowest BCUT2D eigenvalue weighted by molar-refractivity contribution is 0.455. The van der Waals surface area contributed by atoms with Gasteiger partial charge in [0.05, 0.1) is 0 Å². The highest BCUT2D eigenvalue weighted by atomic mass is 79.9. The molecule has 1 fully saturated rings. The molecule has 0 radical (unpaired) electrons. The van der Waals surface area contributed by atoms with Crippen molar-refractivity contribution in [3.63, 3.8) is 0 Å². The number of halogens is 2. The zero-order valence-electron chi connectivity index (χ0n) is 7.50. The van der Waals surface area contributed by atoms with Crippen LogP contribution in [0.1, 0.15) is 24.4 Å². The van der Waals surface area contributed by atoms with Crippen LogP contribution in [0.3, 0.4) is 0 Å². The average molecular weight is 321 g/mol. The molecule has 1 saturated carbocycles. The highest BCUT2D eigenvalue weighted by Gasteiger charge is 2.32. The molecular weight excluding hydrogens is 310 g/mol. The molecule has 2 nitrogen and oxygen atoms in total. The smallest absolute Gasteiger partial charge is 0.122 e. The summed E-state index contributed by atoms with van der Waals surface area (Å²) in [4.78, 5) is 0. The minimum atomic E-state index is -0.0440. The molecule has 1 aromatic rings. The predicted octanol–water partition coefficient (Wildman–Crippen LogP) is 3.33. The molecule has 0 unspecified atom stereocenters. The first-order valence-corrected chi connectivity index (χ1v) is 6.11. The van der Waals surface area contributed by atoms with Crippen LogP contribution in [0, 0.1) is 5.92 Å². The molecule has 76 valence electrons. The summed E-state index contributed by atoms with van der Waals surface area (Å²) in [6, 6.07) is 3.55. The molecule has 0 heterocycles. The topological polar surface area (TPSA) is 46.2 Å². The van der Waals surface area contributed by atoms with Crippen molar-refractivity contribution in [3.05, 3.63) is 26.6 Å². The molecule has 0 amide bonds. The van der Waals surface area contributed by atoms with Crippen LogP contribution in [0.25, 0.3) is 0 Å². The summed E-state index contributed by atoms with van der Waals surface area (Å²) in [6.07, 6.45) is 2.34. The van der Waals surface area contributed by atoms with E-state index in [2.05, 4.69) is 31.9 Å². The molecule has 1 atom stereocenters. The maximum atomic E-state index is 9.78. The van der Waals surface area contributed by atoms with Crippen LogP contribution in [0.2, 0.25) is 0 Å². The first-order valence-electron chi connectivity index (χ1n) is 4.53. The fourth-order valence-electron chi connectivity index (χ4n) is 1.59. The monoisotopic (exact) mass is 319 g/mol. The van der Waals surface area contributed by atoms with Crippen molar-refractivity contribution in [2.24, 2.45) is 11.7 Å². The molecule has 0 bridgehead atoms. The SMILES string of the molecule is N[C@@H](c1c(O)cc(Br)cc1Br)C1CC1. The number of benzene rings is 1. The molecule has 0 saturated heterocycles. The Labute approximate surface area is 99.8 Å². The average Bonchev–Trinajstić information content (AvgIpc) is 2.83. The third kappa shape index (κ3) is 1.97. The maximum Gasteiger partial charge on any atom is 0.122 e. The summed E-state index contributed by atoms with van der Waals surface area (Å²) < 4.78 is 1.73. The molecule has 0 aromatic heterocycles. The predicted molar refractivity (Wildman–Crippen MR) is 63.2 cm³/mol. The molecule has 0 spiro atoms. The van der Waals surface area contributed by atoms with E-state index in [1.807, 2.05) is 6.07 Å². The van der Waals surface area contributed by atoms with Gasteiger partial charge in [0.1, 0.15) is 5.75 Å². The Kier molecular flexibility index (Phi) is 2.86. The number of phenolic OH excluding ortho intramolecular Hbond substituents is 1. The summed E-state index contributed by atoms with van der Waals surface area (Å²) in [7, 11) is 0. The third-order valence-corrected chi connectivity index (χ3v) is 3.65. The standard InChI is InChI=1S/C10H11Br2NO/c11-6-3-7(12)9(8(14)4-6)10(13)5-1-2-5/h3-5,10,14H,1-2,13H2/t10-/m1/s1. The van der Waals surface area contributed by atoms with Crippen molar-refractivity contribution < 1.29 is 5.11 Å². The van der Waals surface area contributed by atoms with Crippen LogP contribution in [-0.4, -0.2) is 5.11 Å². The Morgan fingerprint density at radius 3 is 2.50 bits per heavy atom. The van der Waals surface area contributed by atoms with Crippen molar-refractivity contribution >= 4 is 31.9 Å². The molecule has 2 rings (SSSR count). The second-order valence-corrected chi connectivity index (χ2v) is 5.45. The molecule has 0 aliphatic heterocycles. The van der Waals surface area contributed by atoms with Gasteiger partial charge in [0, 0.05) is 20.6 Å². The lowest BCUT2D eigenvalue weighted by Gasteiger charge is -2.15. The van der Waals surface area contributed by atoms with E-state index in [1.54, 1.807) is 6.07 Å². The van der Waals surface area contributed by atoms with E-state index in [4.69, 9.17) is 5.73 Å². The van der Waals surface area contributed by atoms with E-state index in [0.29, 0.717) is 5.92 Å². The van der Waals surface area contributed by atoms with Gasteiger partial charge in [-0.2, -0.15) is 0 Å².